The lowest BCUT2D eigenvalue weighted by atomic mass is 9.75. The van der Waals surface area contributed by atoms with E-state index in [2.05, 4.69) is 6.07 Å². The Balaban J connectivity index is 1.92. The van der Waals surface area contributed by atoms with Gasteiger partial charge in [-0.2, -0.15) is 5.26 Å². The molecule has 168 valence electrons. The van der Waals surface area contributed by atoms with Gasteiger partial charge in [-0.25, -0.2) is 0 Å². The quantitative estimate of drug-likeness (QED) is 0.519. The van der Waals surface area contributed by atoms with E-state index in [0.717, 1.165) is 11.3 Å². The first kappa shape index (κ1) is 22.4. The van der Waals surface area contributed by atoms with E-state index >= 15 is 0 Å². The predicted octanol–water partition coefficient (Wildman–Crippen LogP) is 4.62. The molecule has 8 nitrogen and oxygen atoms in total. The van der Waals surface area contributed by atoms with Crippen molar-refractivity contribution in [2.45, 2.75) is 25.2 Å². The van der Waals surface area contributed by atoms with Gasteiger partial charge < -0.3 is 10.6 Å². The Bertz CT molecular complexity index is 1260. The number of allylic oxidation sites excluding steroid dienone is 3. The highest BCUT2D eigenvalue weighted by atomic mass is 35.5. The van der Waals surface area contributed by atoms with Crippen LogP contribution in [0.5, 0.6) is 0 Å². The topological polar surface area (TPSA) is 116 Å². The number of nitriles is 1. The molecule has 1 atom stereocenters. The molecule has 0 saturated carbocycles. The first-order chi connectivity index (χ1) is 15.7. The lowest BCUT2D eigenvalue weighted by Crippen LogP contribution is -2.38. The summed E-state index contributed by atoms with van der Waals surface area (Å²) in [6.07, 6.45) is 1.59. The smallest absolute Gasteiger partial charge is 0.271 e. The fourth-order valence-electron chi connectivity index (χ4n) is 4.45. The molecule has 1 aliphatic carbocycles. The number of nitrogens with two attached hydrogens (primary N) is 1. The summed E-state index contributed by atoms with van der Waals surface area (Å²) in [7, 11) is 3.87. The average molecular weight is 464 g/mol. The standard InChI is InChI=1S/C24H22ClN5O3/c1-28(2)15-8-6-14(7-9-15)22-17(13-26)24(27)29(20-4-3-5-21(31)23(20)22)19-11-10-16(30(32)33)12-18(19)25/h6-12,22H,3-5,27H2,1-2H3/t22-/m1/s1. The number of nitrogens with zero attached hydrogens (tertiary/aromatic N) is 4. The summed E-state index contributed by atoms with van der Waals surface area (Å²) < 4.78 is 0. The second-order valence-electron chi connectivity index (χ2n) is 8.20. The lowest BCUT2D eigenvalue weighted by molar-refractivity contribution is -0.384. The van der Waals surface area contributed by atoms with Crippen LogP contribution < -0.4 is 15.5 Å². The van der Waals surface area contributed by atoms with Crippen LogP contribution in [0.2, 0.25) is 5.02 Å². The summed E-state index contributed by atoms with van der Waals surface area (Å²) in [6, 6.07) is 14.0. The number of Topliss-reactive ketones (excluding diaryl/α,β-unsaturated/α-hetero) is 1. The van der Waals surface area contributed by atoms with Crippen LogP contribution in [-0.4, -0.2) is 24.8 Å². The second kappa shape index (κ2) is 8.60. The van der Waals surface area contributed by atoms with E-state index in [1.165, 1.54) is 18.2 Å². The molecule has 2 aromatic rings. The molecule has 2 aromatic carbocycles. The SMILES string of the molecule is CN(C)c1ccc([C@@H]2C(C#N)=C(N)N(c3ccc([N+](=O)[O-])cc3Cl)C3=C2C(=O)CCC3)cc1. The molecule has 1 heterocycles. The minimum Gasteiger partial charge on any atom is -0.384 e. The second-order valence-corrected chi connectivity index (χ2v) is 8.60. The van der Waals surface area contributed by atoms with E-state index in [1.54, 1.807) is 4.90 Å². The van der Waals surface area contributed by atoms with Gasteiger partial charge in [0.2, 0.25) is 0 Å². The van der Waals surface area contributed by atoms with Crippen molar-refractivity contribution in [3.63, 3.8) is 0 Å². The van der Waals surface area contributed by atoms with Gasteiger partial charge >= 0.3 is 0 Å². The summed E-state index contributed by atoms with van der Waals surface area (Å²) in [5, 5.41) is 21.3. The maximum Gasteiger partial charge on any atom is 0.271 e. The van der Waals surface area contributed by atoms with Gasteiger partial charge in [-0.05, 0) is 36.6 Å². The monoisotopic (exact) mass is 463 g/mol. The maximum atomic E-state index is 13.2. The van der Waals surface area contributed by atoms with E-state index in [4.69, 9.17) is 17.3 Å². The molecule has 0 amide bonds. The average Bonchev–Trinajstić information content (AvgIpc) is 2.79. The first-order valence-corrected chi connectivity index (χ1v) is 10.8. The van der Waals surface area contributed by atoms with Gasteiger partial charge in [0.1, 0.15) is 5.82 Å². The van der Waals surface area contributed by atoms with Crippen molar-refractivity contribution < 1.29 is 9.72 Å². The Morgan fingerprint density at radius 1 is 1.21 bits per heavy atom. The molecule has 2 N–H and O–H groups in total. The molecule has 0 spiro atoms. The molecule has 2 aliphatic rings. The molecule has 1 aliphatic heterocycles. The summed E-state index contributed by atoms with van der Waals surface area (Å²) in [5.41, 5.74) is 10.0. The molecule has 0 fully saturated rings. The van der Waals surface area contributed by atoms with E-state index < -0.39 is 10.8 Å². The third-order valence-corrected chi connectivity index (χ3v) is 6.34. The summed E-state index contributed by atoms with van der Waals surface area (Å²) in [6.45, 7) is 0. The van der Waals surface area contributed by atoms with Crippen molar-refractivity contribution in [1.82, 2.24) is 0 Å². The molecule has 0 unspecified atom stereocenters. The largest absolute Gasteiger partial charge is 0.384 e. The minimum absolute atomic E-state index is 0.0405. The van der Waals surface area contributed by atoms with E-state index in [0.29, 0.717) is 36.2 Å². The van der Waals surface area contributed by atoms with Crippen molar-refractivity contribution in [1.29, 1.82) is 5.26 Å². The van der Waals surface area contributed by atoms with Crippen LogP contribution in [0.3, 0.4) is 0 Å². The maximum absolute atomic E-state index is 13.2. The number of rotatable bonds is 4. The Morgan fingerprint density at radius 3 is 2.48 bits per heavy atom. The van der Waals surface area contributed by atoms with Gasteiger partial charge in [-0.1, -0.05) is 23.7 Å². The van der Waals surface area contributed by atoms with E-state index in [9.17, 15) is 20.2 Å². The normalized spacial score (nSPS) is 18.2. The number of ketones is 1. The lowest BCUT2D eigenvalue weighted by Gasteiger charge is -2.40. The third-order valence-electron chi connectivity index (χ3n) is 6.04. The number of hydrogen-bond donors (Lipinski definition) is 1. The number of anilines is 2. The van der Waals surface area contributed by atoms with Gasteiger partial charge in [-0.15, -0.1) is 0 Å². The zero-order chi connectivity index (χ0) is 23.9. The number of carbonyl (C=O) groups excluding carboxylic acids is 1. The molecule has 0 saturated heterocycles. The molecule has 33 heavy (non-hydrogen) atoms. The summed E-state index contributed by atoms with van der Waals surface area (Å²) in [4.78, 5) is 27.4. The van der Waals surface area contributed by atoms with Crippen molar-refractivity contribution in [2.75, 3.05) is 23.9 Å². The van der Waals surface area contributed by atoms with Crippen molar-refractivity contribution in [3.05, 3.63) is 85.8 Å². The minimum atomic E-state index is -0.581. The molecule has 0 aromatic heterocycles. The highest BCUT2D eigenvalue weighted by molar-refractivity contribution is 6.33. The van der Waals surface area contributed by atoms with Crippen LogP contribution >= 0.6 is 11.6 Å². The van der Waals surface area contributed by atoms with Gasteiger partial charge in [-0.3, -0.25) is 19.8 Å². The fraction of sp³-hybridized carbons (Fsp3) is 0.250. The van der Waals surface area contributed by atoms with Crippen LogP contribution in [0.15, 0.2) is 65.1 Å². The number of nitro benzene ring substituents is 1. The Kier molecular flexibility index (Phi) is 5.83. The number of halogens is 1. The molecule has 9 heteroatoms. The summed E-state index contributed by atoms with van der Waals surface area (Å²) in [5.74, 6) is -0.452. The predicted molar refractivity (Wildman–Crippen MR) is 127 cm³/mol. The zero-order valence-electron chi connectivity index (χ0n) is 18.2. The molecule has 0 radical (unpaired) electrons. The Morgan fingerprint density at radius 2 is 1.91 bits per heavy atom. The van der Waals surface area contributed by atoms with Gasteiger partial charge in [0.15, 0.2) is 5.78 Å². The molecule has 0 bridgehead atoms. The van der Waals surface area contributed by atoms with E-state index in [-0.39, 0.29) is 27.9 Å². The van der Waals surface area contributed by atoms with Crippen LogP contribution in [-0.2, 0) is 4.79 Å². The van der Waals surface area contributed by atoms with Crippen LogP contribution in [0.25, 0.3) is 0 Å². The fourth-order valence-corrected chi connectivity index (χ4v) is 4.71. The molecule has 4 rings (SSSR count). The van der Waals surface area contributed by atoms with Gasteiger partial charge in [0.25, 0.3) is 5.69 Å². The van der Waals surface area contributed by atoms with Gasteiger partial charge in [0, 0.05) is 49.6 Å². The third kappa shape index (κ3) is 3.81. The first-order valence-electron chi connectivity index (χ1n) is 10.4. The highest BCUT2D eigenvalue weighted by Crippen LogP contribution is 2.47. The Labute approximate surface area is 196 Å². The summed E-state index contributed by atoms with van der Waals surface area (Å²) >= 11 is 6.41. The van der Waals surface area contributed by atoms with Crippen molar-refractivity contribution in [2.24, 2.45) is 5.73 Å². The molecular formula is C24H22ClN5O3. The highest BCUT2D eigenvalue weighted by Gasteiger charge is 2.40. The van der Waals surface area contributed by atoms with Crippen molar-refractivity contribution >= 4 is 34.4 Å². The zero-order valence-corrected chi connectivity index (χ0v) is 19.0. The van der Waals surface area contributed by atoms with Gasteiger partial charge in [0.05, 0.1) is 33.2 Å². The number of hydrogen-bond acceptors (Lipinski definition) is 7. The molecular weight excluding hydrogens is 442 g/mol. The number of carbonyl (C=O) groups is 1. The van der Waals surface area contributed by atoms with Crippen LogP contribution in [0.4, 0.5) is 17.1 Å². The van der Waals surface area contributed by atoms with E-state index in [1.807, 2.05) is 43.3 Å². The van der Waals surface area contributed by atoms with Crippen LogP contribution in [0.1, 0.15) is 30.7 Å². The number of benzene rings is 2. The Hall–Kier alpha value is -3.83. The number of nitro groups is 1. The van der Waals surface area contributed by atoms with Crippen molar-refractivity contribution in [3.8, 4) is 6.07 Å². The number of non-ortho nitro benzene ring substituents is 1. The van der Waals surface area contributed by atoms with Crippen LogP contribution in [0, 0.1) is 21.4 Å².